The van der Waals surface area contributed by atoms with E-state index in [0.717, 1.165) is 11.8 Å². The van der Waals surface area contributed by atoms with E-state index in [1.54, 1.807) is 41.5 Å². The van der Waals surface area contributed by atoms with Gasteiger partial charge in [-0.1, -0.05) is 13.0 Å². The van der Waals surface area contributed by atoms with Gasteiger partial charge in [-0.25, -0.2) is 8.78 Å². The topological polar surface area (TPSA) is 59.8 Å². The summed E-state index contributed by atoms with van der Waals surface area (Å²) in [6.07, 6.45) is 3.59. The Hall–Kier alpha value is -3.09. The van der Waals surface area contributed by atoms with E-state index < -0.39 is 17.7 Å². The van der Waals surface area contributed by atoms with Gasteiger partial charge in [0, 0.05) is 22.9 Å². The molecule has 0 radical (unpaired) electrons. The van der Waals surface area contributed by atoms with Crippen LogP contribution >= 0.6 is 0 Å². The molecule has 3 aromatic rings. The van der Waals surface area contributed by atoms with E-state index in [9.17, 15) is 13.6 Å². The van der Waals surface area contributed by atoms with Crippen LogP contribution in [-0.2, 0) is 0 Å². The molecular weight excluding hydrogens is 326 g/mol. The number of rotatable bonds is 5. The van der Waals surface area contributed by atoms with Crippen LogP contribution in [0.1, 0.15) is 35.3 Å². The Morgan fingerprint density at radius 2 is 1.80 bits per heavy atom. The zero-order chi connectivity index (χ0) is 17.8. The first-order valence-corrected chi connectivity index (χ1v) is 7.79. The fraction of sp³-hybridized carbons (Fsp3) is 0.167. The lowest BCUT2D eigenvalue weighted by Gasteiger charge is -2.18. The van der Waals surface area contributed by atoms with Crippen LogP contribution in [0, 0.1) is 11.6 Å². The summed E-state index contributed by atoms with van der Waals surface area (Å²) in [7, 11) is 0. The van der Waals surface area contributed by atoms with Crippen molar-refractivity contribution in [2.24, 2.45) is 0 Å². The average Bonchev–Trinajstić information content (AvgIpc) is 3.15. The zero-order valence-electron chi connectivity index (χ0n) is 13.5. The van der Waals surface area contributed by atoms with Crippen LogP contribution in [0.3, 0.4) is 0 Å². The van der Waals surface area contributed by atoms with Crippen LogP contribution in [0.4, 0.5) is 8.78 Å². The van der Waals surface area contributed by atoms with E-state index in [0.29, 0.717) is 12.0 Å². The maximum Gasteiger partial charge on any atom is 0.251 e. The zero-order valence-corrected chi connectivity index (χ0v) is 13.5. The molecule has 0 aliphatic carbocycles. The molecule has 0 saturated carbocycles. The van der Waals surface area contributed by atoms with Crippen LogP contribution < -0.4 is 5.32 Å². The fourth-order valence-corrected chi connectivity index (χ4v) is 2.54. The molecule has 1 aromatic heterocycles. The van der Waals surface area contributed by atoms with Crippen LogP contribution in [0.2, 0.25) is 0 Å². The molecular formula is C18H16F2N4O. The standard InChI is InChI=1S/C18H16F2N4O/c1-2-17(15-8-5-13(19)9-16(15)20)23-18(25)12-3-6-14(7-4-12)24-10-21-22-11-24/h3-11,17H,2H2,1H3,(H,23,25)/t17-/m0/s1. The molecule has 0 bridgehead atoms. The van der Waals surface area contributed by atoms with E-state index >= 15 is 0 Å². The van der Waals surface area contributed by atoms with Gasteiger partial charge >= 0.3 is 0 Å². The number of amides is 1. The van der Waals surface area contributed by atoms with Crippen molar-refractivity contribution in [3.63, 3.8) is 0 Å². The third-order valence-corrected chi connectivity index (χ3v) is 3.90. The summed E-state index contributed by atoms with van der Waals surface area (Å²) in [5, 5.41) is 10.2. The van der Waals surface area contributed by atoms with Crippen LogP contribution in [0.5, 0.6) is 0 Å². The van der Waals surface area contributed by atoms with Gasteiger partial charge in [0.05, 0.1) is 6.04 Å². The maximum absolute atomic E-state index is 13.9. The first-order chi connectivity index (χ1) is 12.1. The number of carbonyl (C=O) groups excluding carboxylic acids is 1. The van der Waals surface area contributed by atoms with Gasteiger partial charge in [-0.15, -0.1) is 10.2 Å². The summed E-state index contributed by atoms with van der Waals surface area (Å²) in [6.45, 7) is 1.82. The first kappa shape index (κ1) is 16.8. The first-order valence-electron chi connectivity index (χ1n) is 7.79. The number of halogens is 2. The summed E-state index contributed by atoms with van der Waals surface area (Å²) >= 11 is 0. The van der Waals surface area contributed by atoms with Crippen molar-refractivity contribution in [2.75, 3.05) is 0 Å². The van der Waals surface area contributed by atoms with Gasteiger partial charge in [-0.2, -0.15) is 0 Å². The van der Waals surface area contributed by atoms with Crippen molar-refractivity contribution < 1.29 is 13.6 Å². The number of aromatic nitrogens is 3. The molecule has 25 heavy (non-hydrogen) atoms. The molecule has 0 saturated heterocycles. The summed E-state index contributed by atoms with van der Waals surface area (Å²) in [6, 6.07) is 9.67. The lowest BCUT2D eigenvalue weighted by Crippen LogP contribution is -2.28. The van der Waals surface area contributed by atoms with Crippen LogP contribution in [-0.4, -0.2) is 20.7 Å². The quantitative estimate of drug-likeness (QED) is 0.773. The molecule has 0 spiro atoms. The van der Waals surface area contributed by atoms with E-state index in [1.165, 1.54) is 12.1 Å². The second-order valence-electron chi connectivity index (χ2n) is 5.52. The molecule has 2 aromatic carbocycles. The van der Waals surface area contributed by atoms with Crippen LogP contribution in [0.15, 0.2) is 55.1 Å². The van der Waals surface area contributed by atoms with E-state index in [4.69, 9.17) is 0 Å². The molecule has 1 N–H and O–H groups in total. The van der Waals surface area contributed by atoms with E-state index in [-0.39, 0.29) is 11.5 Å². The minimum atomic E-state index is -0.671. The number of carbonyl (C=O) groups is 1. The molecule has 0 fully saturated rings. The Kier molecular flexibility index (Phi) is 4.83. The minimum absolute atomic E-state index is 0.262. The van der Waals surface area contributed by atoms with Gasteiger partial charge in [0.2, 0.25) is 0 Å². The molecule has 1 heterocycles. The molecule has 1 amide bonds. The SMILES string of the molecule is CC[C@H](NC(=O)c1ccc(-n2cnnc2)cc1)c1ccc(F)cc1F. The average molecular weight is 342 g/mol. The fourth-order valence-electron chi connectivity index (χ4n) is 2.54. The molecule has 128 valence electrons. The number of nitrogens with zero attached hydrogens (tertiary/aromatic N) is 3. The third-order valence-electron chi connectivity index (χ3n) is 3.90. The van der Waals surface area contributed by atoms with E-state index in [1.807, 2.05) is 6.92 Å². The number of nitrogens with one attached hydrogen (secondary N) is 1. The van der Waals surface area contributed by atoms with Crippen molar-refractivity contribution >= 4 is 5.91 Å². The normalized spacial score (nSPS) is 12.0. The van der Waals surface area contributed by atoms with Gasteiger partial charge in [0.15, 0.2) is 0 Å². The molecule has 3 rings (SSSR count). The smallest absolute Gasteiger partial charge is 0.251 e. The molecule has 1 atom stereocenters. The summed E-state index contributed by atoms with van der Waals surface area (Å²) in [4.78, 5) is 12.4. The van der Waals surface area contributed by atoms with Crippen molar-refractivity contribution in [2.45, 2.75) is 19.4 Å². The van der Waals surface area contributed by atoms with Gasteiger partial charge in [-0.05, 0) is 36.8 Å². The van der Waals surface area contributed by atoms with E-state index in [2.05, 4.69) is 15.5 Å². The van der Waals surface area contributed by atoms with Gasteiger partial charge in [0.25, 0.3) is 5.91 Å². The Bertz CT molecular complexity index is 863. The number of hydrogen-bond donors (Lipinski definition) is 1. The lowest BCUT2D eigenvalue weighted by molar-refractivity contribution is 0.0935. The highest BCUT2D eigenvalue weighted by Crippen LogP contribution is 2.21. The second kappa shape index (κ2) is 7.21. The maximum atomic E-state index is 13.9. The summed E-state index contributed by atoms with van der Waals surface area (Å²) in [5.41, 5.74) is 1.52. The number of hydrogen-bond acceptors (Lipinski definition) is 3. The van der Waals surface area contributed by atoms with Crippen molar-refractivity contribution in [1.82, 2.24) is 20.1 Å². The predicted molar refractivity (Wildman–Crippen MR) is 88.2 cm³/mol. The lowest BCUT2D eigenvalue weighted by atomic mass is 10.0. The summed E-state index contributed by atoms with van der Waals surface area (Å²) < 4.78 is 28.7. The Morgan fingerprint density at radius 1 is 1.12 bits per heavy atom. The molecule has 0 aliphatic heterocycles. The largest absolute Gasteiger partial charge is 0.345 e. The monoisotopic (exact) mass is 342 g/mol. The van der Waals surface area contributed by atoms with Crippen molar-refractivity contribution in [3.8, 4) is 5.69 Å². The highest BCUT2D eigenvalue weighted by molar-refractivity contribution is 5.94. The molecule has 5 nitrogen and oxygen atoms in total. The van der Waals surface area contributed by atoms with Gasteiger partial charge in [-0.3, -0.25) is 9.36 Å². The predicted octanol–water partition coefficient (Wildman–Crippen LogP) is 3.43. The van der Waals surface area contributed by atoms with Gasteiger partial charge in [0.1, 0.15) is 24.3 Å². The second-order valence-corrected chi connectivity index (χ2v) is 5.52. The minimum Gasteiger partial charge on any atom is -0.345 e. The highest BCUT2D eigenvalue weighted by atomic mass is 19.1. The van der Waals surface area contributed by atoms with Crippen molar-refractivity contribution in [3.05, 3.63) is 77.9 Å². The highest BCUT2D eigenvalue weighted by Gasteiger charge is 2.18. The third kappa shape index (κ3) is 3.71. The van der Waals surface area contributed by atoms with Crippen molar-refractivity contribution in [1.29, 1.82) is 0 Å². The van der Waals surface area contributed by atoms with Gasteiger partial charge < -0.3 is 5.32 Å². The van der Waals surface area contributed by atoms with Crippen LogP contribution in [0.25, 0.3) is 5.69 Å². The molecule has 7 heteroatoms. The Morgan fingerprint density at radius 3 is 2.40 bits per heavy atom. The summed E-state index contributed by atoms with van der Waals surface area (Å²) in [5.74, 6) is -1.65. The Labute approximate surface area is 143 Å². The molecule has 0 unspecified atom stereocenters. The Balaban J connectivity index is 1.76. The molecule has 0 aliphatic rings. The number of benzene rings is 2.